The van der Waals surface area contributed by atoms with Crippen LogP contribution in [-0.2, 0) is 10.8 Å². The number of aromatic nitrogens is 4. The molecule has 0 N–H and O–H groups in total. The lowest BCUT2D eigenvalue weighted by molar-refractivity contribution is 0.661. The van der Waals surface area contributed by atoms with Crippen LogP contribution in [0.1, 0.15) is 49.9 Å². The third kappa shape index (κ3) is 10.0. The Morgan fingerprint density at radius 3 is 0.904 bits per heavy atom. The van der Waals surface area contributed by atoms with Crippen molar-refractivity contribution in [2.24, 2.45) is 0 Å². The van der Waals surface area contributed by atoms with E-state index in [1.807, 2.05) is 0 Å². The van der Waals surface area contributed by atoms with Gasteiger partial charge in [0.05, 0.1) is 44.1 Å². The zero-order valence-corrected chi connectivity index (χ0v) is 63.7. The third-order valence-corrected chi connectivity index (χ3v) is 25.4. The molecule has 4 aromatic heterocycles. The zero-order valence-electron chi connectivity index (χ0n) is 63.7. The Bertz CT molecular complexity index is 7740. The summed E-state index contributed by atoms with van der Waals surface area (Å²) in [7, 11) is 0. The second-order valence-corrected chi connectivity index (χ2v) is 32.4. The molecule has 4 heteroatoms. The van der Waals surface area contributed by atoms with Gasteiger partial charge in [-0.05, 0) is 244 Å². The Balaban J connectivity index is 0.000000135. The second-order valence-electron chi connectivity index (χ2n) is 32.4. The van der Waals surface area contributed by atoms with Gasteiger partial charge in [0.1, 0.15) is 0 Å². The van der Waals surface area contributed by atoms with Gasteiger partial charge in [-0.2, -0.15) is 0 Å². The first-order valence-electron chi connectivity index (χ1n) is 39.8. The van der Waals surface area contributed by atoms with Crippen LogP contribution in [0.4, 0.5) is 0 Å². The van der Waals surface area contributed by atoms with Crippen molar-refractivity contribution in [3.8, 4) is 89.5 Å². The largest absolute Gasteiger partial charge is 0.309 e. The maximum atomic E-state index is 2.49. The Hall–Kier alpha value is -14.3. The number of hydrogen-bond acceptors (Lipinski definition) is 0. The van der Waals surface area contributed by atoms with Crippen molar-refractivity contribution in [1.29, 1.82) is 0 Å². The summed E-state index contributed by atoms with van der Waals surface area (Å²) in [5, 5.41) is 15.1. The molecule has 0 saturated heterocycles. The molecule has 0 saturated carbocycles. The number of fused-ring (bicyclic) bond motifs is 20. The van der Waals surface area contributed by atoms with Gasteiger partial charge in [-0.25, -0.2) is 0 Å². The van der Waals surface area contributed by atoms with Gasteiger partial charge in [-0.3, -0.25) is 0 Å². The molecule has 4 heterocycles. The lowest BCUT2D eigenvalue weighted by Gasteiger charge is -2.21. The lowest BCUT2D eigenvalue weighted by Crippen LogP contribution is -2.14. The molecular formula is C110H76N4. The average Bonchev–Trinajstić information content (AvgIpc) is 1.55. The van der Waals surface area contributed by atoms with Gasteiger partial charge in [0, 0.05) is 76.7 Å². The number of rotatable bonds is 8. The first-order valence-corrected chi connectivity index (χ1v) is 39.8. The molecule has 0 unspecified atom stereocenters. The molecule has 4 nitrogen and oxygen atoms in total. The van der Waals surface area contributed by atoms with E-state index in [0.717, 1.165) is 11.4 Å². The molecule has 0 fully saturated rings. The highest BCUT2D eigenvalue weighted by Crippen LogP contribution is 2.54. The van der Waals surface area contributed by atoms with Crippen molar-refractivity contribution in [1.82, 2.24) is 18.3 Å². The SMILES string of the molecule is CC1(C)c2ccccc2-c2cc3c(cc21)c1cc(-c2ccc4c(c2)c2ccccc2n4-c2ccc(-c4ccccc4)cc2)ccc1n3-c1ccc2ccccc2c1.CC1(C)c2ccccc2-c2cc3c4cc(-c5ccc6c(c5)c5ccccc5n6-c5ccc(-c6ccccc6)cc5)ccc4n(-c4ccc5ccccc5c4)c3cc21. The summed E-state index contributed by atoms with van der Waals surface area (Å²) >= 11 is 0. The highest BCUT2D eigenvalue weighted by Gasteiger charge is 2.38. The quantitative estimate of drug-likeness (QED) is 0.144. The summed E-state index contributed by atoms with van der Waals surface area (Å²) in [5.41, 5.74) is 35.0. The topological polar surface area (TPSA) is 19.7 Å². The van der Waals surface area contributed by atoms with Gasteiger partial charge in [-0.1, -0.05) is 282 Å². The van der Waals surface area contributed by atoms with E-state index in [-0.39, 0.29) is 10.8 Å². The standard InChI is InChI=1S/2C55H38N2/c1-55(2)49-18-10-8-16-43(49)45-34-54-48(33-50(45)55)47-32-40(24-29-53(47)57(54)42-27-22-36-14-6-7-15-38(36)30-42)39-23-28-52-46(31-39)44-17-9-11-19-51(44)56(52)41-25-20-37(21-26-41)35-12-4-3-5-13-35;1-55(2)49-18-10-8-16-43(49)45-33-48-47-32-40(24-29-53(47)57(54(48)34-50(45)55)42-27-22-36-14-6-7-15-38(36)30-42)39-23-28-52-46(31-39)44-17-9-11-19-51(44)56(52)41-25-20-37(21-26-41)35-12-4-3-5-13-35/h2*3-34H,1-2H3. The van der Waals surface area contributed by atoms with Crippen LogP contribution in [-0.4, -0.2) is 18.3 Å². The fourth-order valence-corrected chi connectivity index (χ4v) is 19.7. The van der Waals surface area contributed by atoms with Crippen LogP contribution in [0.5, 0.6) is 0 Å². The minimum atomic E-state index is -0.0888. The van der Waals surface area contributed by atoms with E-state index in [1.54, 1.807) is 0 Å². The van der Waals surface area contributed by atoms with Crippen molar-refractivity contribution in [2.75, 3.05) is 0 Å². The Morgan fingerprint density at radius 2 is 0.456 bits per heavy atom. The van der Waals surface area contributed by atoms with Gasteiger partial charge in [0.25, 0.3) is 0 Å². The predicted molar refractivity (Wildman–Crippen MR) is 482 cm³/mol. The zero-order chi connectivity index (χ0) is 75.7. The van der Waals surface area contributed by atoms with Crippen molar-refractivity contribution in [3.05, 3.63) is 411 Å². The molecule has 0 amide bonds. The Labute approximate surface area is 661 Å². The highest BCUT2D eigenvalue weighted by atomic mass is 15.0. The molecule has 536 valence electrons. The molecule has 114 heavy (non-hydrogen) atoms. The van der Waals surface area contributed by atoms with E-state index < -0.39 is 0 Å². The summed E-state index contributed by atoms with van der Waals surface area (Å²) in [6, 6.07) is 144. The van der Waals surface area contributed by atoms with Crippen LogP contribution < -0.4 is 0 Å². The monoisotopic (exact) mass is 1450 g/mol. The van der Waals surface area contributed by atoms with Crippen molar-refractivity contribution in [3.63, 3.8) is 0 Å². The third-order valence-electron chi connectivity index (χ3n) is 25.4. The van der Waals surface area contributed by atoms with Gasteiger partial charge >= 0.3 is 0 Å². The van der Waals surface area contributed by atoms with Gasteiger partial charge in [0.15, 0.2) is 0 Å². The van der Waals surface area contributed by atoms with E-state index in [2.05, 4.69) is 434 Å². The predicted octanol–water partition coefficient (Wildman–Crippen LogP) is 29.3. The van der Waals surface area contributed by atoms with Gasteiger partial charge in [-0.15, -0.1) is 0 Å². The van der Waals surface area contributed by atoms with Gasteiger partial charge in [0.2, 0.25) is 0 Å². The van der Waals surface area contributed by atoms with Crippen LogP contribution in [0.15, 0.2) is 388 Å². The van der Waals surface area contributed by atoms with E-state index in [9.17, 15) is 0 Å². The fraction of sp³-hybridized carbons (Fsp3) is 0.0545. The smallest absolute Gasteiger partial charge is 0.0547 e. The minimum Gasteiger partial charge on any atom is -0.309 e. The normalized spacial score (nSPS) is 13.2. The molecule has 0 aliphatic heterocycles. The lowest BCUT2D eigenvalue weighted by atomic mass is 9.82. The molecular weight excluding hydrogens is 1380 g/mol. The number of hydrogen-bond donors (Lipinski definition) is 0. The summed E-state index contributed by atoms with van der Waals surface area (Å²) in [6.45, 7) is 9.50. The molecule has 22 aromatic rings. The number of para-hydroxylation sites is 2. The van der Waals surface area contributed by atoms with Crippen LogP contribution >= 0.6 is 0 Å². The average molecular weight is 1450 g/mol. The van der Waals surface area contributed by atoms with E-state index >= 15 is 0 Å². The molecule has 24 rings (SSSR count). The van der Waals surface area contributed by atoms with Crippen LogP contribution in [0, 0.1) is 0 Å². The van der Waals surface area contributed by atoms with E-state index in [4.69, 9.17) is 0 Å². The first kappa shape index (κ1) is 65.6. The van der Waals surface area contributed by atoms with Crippen molar-refractivity contribution >= 4 is 109 Å². The highest BCUT2D eigenvalue weighted by molar-refractivity contribution is 6.17. The minimum absolute atomic E-state index is 0.0871. The maximum Gasteiger partial charge on any atom is 0.0547 e. The molecule has 0 atom stereocenters. The number of benzene rings is 18. The van der Waals surface area contributed by atoms with Crippen LogP contribution in [0.2, 0.25) is 0 Å². The second kappa shape index (κ2) is 25.1. The molecule has 0 spiro atoms. The molecule has 18 aromatic carbocycles. The molecule has 2 aliphatic rings. The molecule has 0 bridgehead atoms. The molecule has 0 radical (unpaired) electrons. The summed E-state index contributed by atoms with van der Waals surface area (Å²) < 4.78 is 9.78. The van der Waals surface area contributed by atoms with Crippen molar-refractivity contribution in [2.45, 2.75) is 38.5 Å². The van der Waals surface area contributed by atoms with E-state index in [1.165, 1.54) is 209 Å². The van der Waals surface area contributed by atoms with Gasteiger partial charge < -0.3 is 18.3 Å². The Morgan fingerprint density at radius 1 is 0.158 bits per heavy atom. The maximum absolute atomic E-state index is 2.49. The first-order chi connectivity index (χ1) is 56.0. The van der Waals surface area contributed by atoms with Crippen LogP contribution in [0.3, 0.4) is 0 Å². The van der Waals surface area contributed by atoms with Crippen molar-refractivity contribution < 1.29 is 0 Å². The summed E-state index contributed by atoms with van der Waals surface area (Å²) in [6.07, 6.45) is 0. The molecule has 2 aliphatic carbocycles. The summed E-state index contributed by atoms with van der Waals surface area (Å²) in [5.74, 6) is 0. The summed E-state index contributed by atoms with van der Waals surface area (Å²) in [4.78, 5) is 0. The number of nitrogens with zero attached hydrogens (tertiary/aromatic N) is 4. The fourth-order valence-electron chi connectivity index (χ4n) is 19.7. The van der Waals surface area contributed by atoms with Crippen LogP contribution in [0.25, 0.3) is 198 Å². The Kier molecular flexibility index (Phi) is 14.4. The van der Waals surface area contributed by atoms with E-state index in [0.29, 0.717) is 0 Å².